The van der Waals surface area contributed by atoms with Gasteiger partial charge in [-0.25, -0.2) is 4.98 Å². The quantitative estimate of drug-likeness (QED) is 0.221. The number of aromatic nitrogens is 5. The molecule has 5 nitrogen and oxygen atoms in total. The van der Waals surface area contributed by atoms with Crippen molar-refractivity contribution in [2.45, 2.75) is 19.3 Å². The third-order valence-electron chi connectivity index (χ3n) is 8.99. The fraction of sp³-hybridized carbons (Fsp3) is 0.0811. The van der Waals surface area contributed by atoms with Gasteiger partial charge in [-0.2, -0.15) is 0 Å². The molecule has 0 spiro atoms. The van der Waals surface area contributed by atoms with Gasteiger partial charge in [0.15, 0.2) is 5.82 Å². The second-order valence-electron chi connectivity index (χ2n) is 11.6. The normalized spacial score (nSPS) is 13.7. The first-order valence-electron chi connectivity index (χ1n) is 14.2. The standard InChI is InChI=1S/C37H25N5/c1-37(2)29-13-7-5-11-25(29)27-20-24(15-16-30(27)37)33-34-35(39-18-17-38-34)36(41-40-33)42-31-14-8-6-12-26(31)28-19-22-9-3-4-10-23(22)21-32(28)42/h3-21H,1-2H3. The Morgan fingerprint density at radius 1 is 0.571 bits per heavy atom. The Bertz CT molecular complexity index is 2400. The summed E-state index contributed by atoms with van der Waals surface area (Å²) in [7, 11) is 0. The van der Waals surface area contributed by atoms with Crippen LogP contribution >= 0.6 is 0 Å². The van der Waals surface area contributed by atoms with Crippen molar-refractivity contribution in [3.05, 3.63) is 127 Å². The van der Waals surface area contributed by atoms with Gasteiger partial charge in [-0.1, -0.05) is 92.7 Å². The van der Waals surface area contributed by atoms with Crippen molar-refractivity contribution in [1.82, 2.24) is 24.7 Å². The summed E-state index contributed by atoms with van der Waals surface area (Å²) in [5, 5.41) is 14.5. The summed E-state index contributed by atoms with van der Waals surface area (Å²) >= 11 is 0. The number of benzene rings is 5. The number of para-hydroxylation sites is 1. The van der Waals surface area contributed by atoms with Gasteiger partial charge in [-0.3, -0.25) is 9.55 Å². The maximum absolute atomic E-state index is 4.88. The number of nitrogens with zero attached hydrogens (tertiary/aromatic N) is 5. The molecule has 0 unspecified atom stereocenters. The molecule has 0 fully saturated rings. The number of rotatable bonds is 2. The van der Waals surface area contributed by atoms with E-state index in [0.717, 1.165) is 33.3 Å². The van der Waals surface area contributed by atoms with E-state index < -0.39 is 0 Å². The van der Waals surface area contributed by atoms with Crippen LogP contribution < -0.4 is 0 Å². The van der Waals surface area contributed by atoms with Crippen molar-refractivity contribution in [3.63, 3.8) is 0 Å². The average Bonchev–Trinajstić information content (AvgIpc) is 3.47. The van der Waals surface area contributed by atoms with E-state index in [2.05, 4.69) is 122 Å². The molecule has 198 valence electrons. The molecule has 0 saturated heterocycles. The van der Waals surface area contributed by atoms with Crippen molar-refractivity contribution in [1.29, 1.82) is 0 Å². The third-order valence-corrected chi connectivity index (χ3v) is 8.99. The number of hydrogen-bond acceptors (Lipinski definition) is 4. The highest BCUT2D eigenvalue weighted by Crippen LogP contribution is 2.49. The van der Waals surface area contributed by atoms with E-state index in [4.69, 9.17) is 20.2 Å². The molecule has 1 aliphatic carbocycles. The van der Waals surface area contributed by atoms with E-state index in [1.54, 1.807) is 12.4 Å². The molecule has 0 radical (unpaired) electrons. The molecule has 0 saturated carbocycles. The van der Waals surface area contributed by atoms with E-state index in [-0.39, 0.29) is 5.41 Å². The molecule has 1 aliphatic rings. The molecule has 0 amide bonds. The monoisotopic (exact) mass is 539 g/mol. The van der Waals surface area contributed by atoms with Crippen LogP contribution in [-0.2, 0) is 5.41 Å². The summed E-state index contributed by atoms with van der Waals surface area (Å²) in [5.41, 5.74) is 10.4. The minimum absolute atomic E-state index is 0.0530. The largest absolute Gasteiger partial charge is 0.290 e. The molecular formula is C37H25N5. The minimum atomic E-state index is -0.0530. The average molecular weight is 540 g/mol. The lowest BCUT2D eigenvalue weighted by Gasteiger charge is -2.21. The first kappa shape index (κ1) is 23.3. The van der Waals surface area contributed by atoms with E-state index in [1.165, 1.54) is 43.8 Å². The Kier molecular flexibility index (Phi) is 4.61. The van der Waals surface area contributed by atoms with Crippen molar-refractivity contribution < 1.29 is 0 Å². The van der Waals surface area contributed by atoms with Gasteiger partial charge in [0, 0.05) is 34.1 Å². The molecule has 8 aromatic rings. The Morgan fingerprint density at radius 3 is 2.17 bits per heavy atom. The summed E-state index contributed by atoms with van der Waals surface area (Å²) in [6, 6.07) is 36.7. The second-order valence-corrected chi connectivity index (χ2v) is 11.6. The van der Waals surface area contributed by atoms with Crippen LogP contribution in [0.25, 0.3) is 71.8 Å². The fourth-order valence-electron chi connectivity index (χ4n) is 6.96. The lowest BCUT2D eigenvalue weighted by molar-refractivity contribution is 0.660. The minimum Gasteiger partial charge on any atom is -0.290 e. The van der Waals surface area contributed by atoms with Gasteiger partial charge in [-0.15, -0.1) is 10.2 Å². The Hall–Kier alpha value is -5.42. The van der Waals surface area contributed by atoms with Crippen molar-refractivity contribution in [2.24, 2.45) is 0 Å². The van der Waals surface area contributed by atoms with Crippen LogP contribution in [0.3, 0.4) is 0 Å². The SMILES string of the molecule is CC1(C)c2ccccc2-c2cc(-c3nnc(-n4c5ccccc5c5cc6ccccc6cc54)c4nccnc34)ccc21. The second kappa shape index (κ2) is 8.30. The lowest BCUT2D eigenvalue weighted by Crippen LogP contribution is -2.14. The Morgan fingerprint density at radius 2 is 1.29 bits per heavy atom. The molecule has 0 atom stereocenters. The summed E-state index contributed by atoms with van der Waals surface area (Å²) in [6.45, 7) is 4.59. The van der Waals surface area contributed by atoms with Gasteiger partial charge in [0.2, 0.25) is 0 Å². The molecule has 42 heavy (non-hydrogen) atoms. The zero-order chi connectivity index (χ0) is 28.0. The molecule has 5 heteroatoms. The predicted molar refractivity (Wildman–Crippen MR) is 170 cm³/mol. The van der Waals surface area contributed by atoms with E-state index in [9.17, 15) is 0 Å². The molecule has 9 rings (SSSR count). The lowest BCUT2D eigenvalue weighted by atomic mass is 9.82. The third kappa shape index (κ3) is 3.08. The Labute approximate surface area is 242 Å². The van der Waals surface area contributed by atoms with E-state index in [0.29, 0.717) is 5.82 Å². The van der Waals surface area contributed by atoms with Crippen LogP contribution in [0.15, 0.2) is 116 Å². The van der Waals surface area contributed by atoms with Gasteiger partial charge < -0.3 is 0 Å². The summed E-state index contributed by atoms with van der Waals surface area (Å²) in [5.74, 6) is 0.677. The van der Waals surface area contributed by atoms with Crippen LogP contribution in [0.5, 0.6) is 0 Å². The highest BCUT2D eigenvalue weighted by atomic mass is 15.2. The van der Waals surface area contributed by atoms with Crippen molar-refractivity contribution in [2.75, 3.05) is 0 Å². The molecule has 0 bridgehead atoms. The van der Waals surface area contributed by atoms with Gasteiger partial charge in [-0.05, 0) is 57.3 Å². The van der Waals surface area contributed by atoms with Crippen LogP contribution in [-0.4, -0.2) is 24.7 Å². The summed E-state index contributed by atoms with van der Waals surface area (Å²) in [6.07, 6.45) is 3.48. The highest BCUT2D eigenvalue weighted by molar-refractivity contribution is 6.14. The van der Waals surface area contributed by atoms with E-state index in [1.807, 2.05) is 0 Å². The fourth-order valence-corrected chi connectivity index (χ4v) is 6.96. The van der Waals surface area contributed by atoms with Gasteiger partial charge in [0.25, 0.3) is 0 Å². The highest BCUT2D eigenvalue weighted by Gasteiger charge is 2.35. The smallest absolute Gasteiger partial charge is 0.188 e. The molecule has 5 aromatic carbocycles. The zero-order valence-electron chi connectivity index (χ0n) is 23.2. The van der Waals surface area contributed by atoms with Crippen LogP contribution in [0.4, 0.5) is 0 Å². The topological polar surface area (TPSA) is 56.5 Å². The van der Waals surface area contributed by atoms with Gasteiger partial charge in [0.1, 0.15) is 16.7 Å². The van der Waals surface area contributed by atoms with Crippen molar-refractivity contribution >= 4 is 43.6 Å². The first-order valence-corrected chi connectivity index (χ1v) is 14.2. The van der Waals surface area contributed by atoms with Gasteiger partial charge >= 0.3 is 0 Å². The number of hydrogen-bond donors (Lipinski definition) is 0. The van der Waals surface area contributed by atoms with E-state index >= 15 is 0 Å². The van der Waals surface area contributed by atoms with Gasteiger partial charge in [0.05, 0.1) is 11.0 Å². The Balaban J connectivity index is 1.31. The van der Waals surface area contributed by atoms with Crippen molar-refractivity contribution in [3.8, 4) is 28.2 Å². The van der Waals surface area contributed by atoms with Crippen LogP contribution in [0.1, 0.15) is 25.0 Å². The number of fused-ring (bicyclic) bond motifs is 8. The zero-order valence-corrected chi connectivity index (χ0v) is 23.2. The summed E-state index contributed by atoms with van der Waals surface area (Å²) in [4.78, 5) is 9.67. The first-order chi connectivity index (χ1) is 20.6. The summed E-state index contributed by atoms with van der Waals surface area (Å²) < 4.78 is 2.19. The molecular weight excluding hydrogens is 514 g/mol. The maximum Gasteiger partial charge on any atom is 0.188 e. The predicted octanol–water partition coefficient (Wildman–Crippen LogP) is 8.64. The molecule has 3 heterocycles. The maximum atomic E-state index is 4.88. The molecule has 3 aromatic heterocycles. The molecule has 0 N–H and O–H groups in total. The van der Waals surface area contributed by atoms with Crippen LogP contribution in [0.2, 0.25) is 0 Å². The van der Waals surface area contributed by atoms with Crippen LogP contribution in [0, 0.1) is 0 Å². The molecule has 0 aliphatic heterocycles.